The van der Waals surface area contributed by atoms with Gasteiger partial charge in [-0.05, 0) is 25.1 Å². The van der Waals surface area contributed by atoms with Gasteiger partial charge in [0.25, 0.3) is 0 Å². The van der Waals surface area contributed by atoms with E-state index in [9.17, 15) is 9.59 Å². The molecular weight excluding hydrogens is 286 g/mol. The third kappa shape index (κ3) is 2.04. The van der Waals surface area contributed by atoms with Crippen LogP contribution in [0.1, 0.15) is 17.5 Å². The third-order valence-corrected chi connectivity index (χ3v) is 3.60. The van der Waals surface area contributed by atoms with Crippen molar-refractivity contribution >= 4 is 27.8 Å². The molecule has 0 aliphatic rings. The lowest BCUT2D eigenvalue weighted by molar-refractivity contribution is 0.0485. The van der Waals surface area contributed by atoms with E-state index in [4.69, 9.17) is 13.9 Å². The number of hydrogen-bond donors (Lipinski definition) is 0. The molecule has 0 atom stereocenters. The van der Waals surface area contributed by atoms with Crippen LogP contribution in [0.5, 0.6) is 5.75 Å². The summed E-state index contributed by atoms with van der Waals surface area (Å²) in [6.07, 6.45) is 0. The van der Waals surface area contributed by atoms with Gasteiger partial charge < -0.3 is 18.5 Å². The molecule has 2 aromatic heterocycles. The van der Waals surface area contributed by atoms with Crippen LogP contribution in [0.25, 0.3) is 21.8 Å². The van der Waals surface area contributed by atoms with Crippen molar-refractivity contribution in [2.45, 2.75) is 6.92 Å². The molecule has 0 aliphatic carbocycles. The monoisotopic (exact) mass is 301 g/mol. The Balaban J connectivity index is 2.35. The van der Waals surface area contributed by atoms with Crippen molar-refractivity contribution in [2.24, 2.45) is 7.05 Å². The predicted octanol–water partition coefficient (Wildman–Crippen LogP) is 2.47. The first kappa shape index (κ1) is 14.2. The second-order valence-electron chi connectivity index (χ2n) is 4.82. The van der Waals surface area contributed by atoms with Crippen molar-refractivity contribution in [3.63, 3.8) is 0 Å². The lowest BCUT2D eigenvalue weighted by atomic mass is 10.2. The normalized spacial score (nSPS) is 11.0. The molecule has 0 N–H and O–H groups in total. The Bertz CT molecular complexity index is 935. The van der Waals surface area contributed by atoms with Gasteiger partial charge in [-0.15, -0.1) is 0 Å². The summed E-state index contributed by atoms with van der Waals surface area (Å²) >= 11 is 0. The van der Waals surface area contributed by atoms with Crippen LogP contribution < -0.4 is 10.4 Å². The van der Waals surface area contributed by atoms with Crippen LogP contribution in [0.3, 0.4) is 0 Å². The first-order valence-corrected chi connectivity index (χ1v) is 6.84. The molecule has 114 valence electrons. The van der Waals surface area contributed by atoms with Crippen LogP contribution in [0.2, 0.25) is 0 Å². The summed E-state index contributed by atoms with van der Waals surface area (Å²) in [5.41, 5.74) is 0.895. The maximum atomic E-state index is 12.3. The van der Waals surface area contributed by atoms with Gasteiger partial charge in [0.1, 0.15) is 5.75 Å². The molecule has 0 unspecified atom stereocenters. The zero-order chi connectivity index (χ0) is 15.9. The lowest BCUT2D eigenvalue weighted by Gasteiger charge is -2.01. The van der Waals surface area contributed by atoms with Crippen LogP contribution >= 0.6 is 0 Å². The Morgan fingerprint density at radius 1 is 1.27 bits per heavy atom. The summed E-state index contributed by atoms with van der Waals surface area (Å²) in [5, 5.41) is 1.14. The van der Waals surface area contributed by atoms with Gasteiger partial charge in [-0.1, -0.05) is 0 Å². The Labute approximate surface area is 125 Å². The van der Waals surface area contributed by atoms with E-state index in [1.54, 1.807) is 20.1 Å². The molecule has 0 radical (unpaired) electrons. The van der Waals surface area contributed by atoms with Crippen molar-refractivity contribution in [2.75, 3.05) is 13.7 Å². The summed E-state index contributed by atoms with van der Waals surface area (Å²) in [5.74, 6) is -0.101. The Kier molecular flexibility index (Phi) is 3.36. The average Bonchev–Trinajstić information content (AvgIpc) is 2.80. The molecule has 22 heavy (non-hydrogen) atoms. The van der Waals surface area contributed by atoms with Gasteiger partial charge >= 0.3 is 11.6 Å². The van der Waals surface area contributed by atoms with E-state index in [1.165, 1.54) is 6.07 Å². The molecule has 3 aromatic rings. The maximum absolute atomic E-state index is 12.3. The number of carbonyl (C=O) groups is 1. The fourth-order valence-corrected chi connectivity index (χ4v) is 2.56. The zero-order valence-corrected chi connectivity index (χ0v) is 12.5. The molecule has 0 amide bonds. The van der Waals surface area contributed by atoms with E-state index in [-0.39, 0.29) is 12.4 Å². The van der Waals surface area contributed by atoms with Crippen LogP contribution in [0.15, 0.2) is 33.5 Å². The van der Waals surface area contributed by atoms with Crippen LogP contribution in [0.4, 0.5) is 0 Å². The molecule has 6 nitrogen and oxygen atoms in total. The van der Waals surface area contributed by atoms with E-state index < -0.39 is 11.6 Å². The van der Waals surface area contributed by atoms with E-state index >= 15 is 0 Å². The summed E-state index contributed by atoms with van der Waals surface area (Å²) in [6, 6.07) is 6.98. The van der Waals surface area contributed by atoms with Gasteiger partial charge in [0.05, 0.1) is 24.6 Å². The number of aryl methyl sites for hydroxylation is 1. The summed E-state index contributed by atoms with van der Waals surface area (Å²) in [6.45, 7) is 1.91. The molecule has 0 bridgehead atoms. The van der Waals surface area contributed by atoms with Gasteiger partial charge in [0.15, 0.2) is 0 Å². The molecule has 1 aromatic carbocycles. The quantitative estimate of drug-likeness (QED) is 0.695. The highest BCUT2D eigenvalue weighted by Gasteiger charge is 2.18. The smallest absolute Gasteiger partial charge is 0.374 e. The summed E-state index contributed by atoms with van der Waals surface area (Å²) < 4.78 is 17.0. The van der Waals surface area contributed by atoms with Crippen LogP contribution in [-0.2, 0) is 11.8 Å². The number of carbonyl (C=O) groups excluding carboxylic acids is 1. The van der Waals surface area contributed by atoms with Crippen molar-refractivity contribution < 1.29 is 18.7 Å². The summed E-state index contributed by atoms with van der Waals surface area (Å²) in [4.78, 5) is 24.1. The molecule has 0 saturated heterocycles. The van der Waals surface area contributed by atoms with Crippen molar-refractivity contribution in [1.29, 1.82) is 0 Å². The highest BCUT2D eigenvalue weighted by Crippen LogP contribution is 2.29. The average molecular weight is 301 g/mol. The zero-order valence-electron chi connectivity index (χ0n) is 12.5. The second-order valence-corrected chi connectivity index (χ2v) is 4.82. The molecule has 0 spiro atoms. The fraction of sp³-hybridized carbons (Fsp3) is 0.250. The maximum Gasteiger partial charge on any atom is 0.374 e. The Morgan fingerprint density at radius 3 is 2.73 bits per heavy atom. The minimum atomic E-state index is -0.649. The second kappa shape index (κ2) is 5.22. The van der Waals surface area contributed by atoms with Gasteiger partial charge in [-0.25, -0.2) is 9.59 Å². The number of methoxy groups -OCH3 is 1. The van der Waals surface area contributed by atoms with E-state index in [2.05, 4.69) is 0 Å². The molecule has 0 saturated carbocycles. The van der Waals surface area contributed by atoms with E-state index in [0.717, 1.165) is 10.9 Å². The minimum absolute atomic E-state index is 0.0998. The first-order chi connectivity index (χ1) is 10.6. The number of fused-ring (bicyclic) bond motifs is 3. The highest BCUT2D eigenvalue weighted by atomic mass is 16.5. The number of benzene rings is 1. The van der Waals surface area contributed by atoms with E-state index in [0.29, 0.717) is 16.7 Å². The minimum Gasteiger partial charge on any atom is -0.497 e. The number of esters is 1. The largest absolute Gasteiger partial charge is 0.497 e. The molecule has 0 fully saturated rings. The third-order valence-electron chi connectivity index (χ3n) is 3.60. The standard InChI is InChI=1S/C16H15NO5/c1-4-21-15(18)13-8-12-14(16(19)22-13)10-7-9(20-3)5-6-11(10)17(12)2/h5-8H,4H2,1-3H3. The van der Waals surface area contributed by atoms with Gasteiger partial charge in [0, 0.05) is 24.0 Å². The molecular formula is C16H15NO5. The number of rotatable bonds is 3. The number of nitrogens with zero attached hydrogens (tertiary/aromatic N) is 1. The van der Waals surface area contributed by atoms with Gasteiger partial charge in [-0.2, -0.15) is 0 Å². The fourth-order valence-electron chi connectivity index (χ4n) is 2.56. The van der Waals surface area contributed by atoms with Crippen molar-refractivity contribution in [1.82, 2.24) is 4.57 Å². The van der Waals surface area contributed by atoms with Gasteiger partial charge in [-0.3, -0.25) is 0 Å². The predicted molar refractivity (Wildman–Crippen MR) is 81.5 cm³/mol. The summed E-state index contributed by atoms with van der Waals surface area (Å²) in [7, 11) is 3.39. The van der Waals surface area contributed by atoms with Crippen molar-refractivity contribution in [3.05, 3.63) is 40.4 Å². The molecule has 2 heterocycles. The topological polar surface area (TPSA) is 70.7 Å². The number of aromatic nitrogens is 1. The van der Waals surface area contributed by atoms with Gasteiger partial charge in [0.2, 0.25) is 5.76 Å². The Hall–Kier alpha value is -2.76. The lowest BCUT2D eigenvalue weighted by Crippen LogP contribution is -2.10. The highest BCUT2D eigenvalue weighted by molar-refractivity contribution is 6.08. The van der Waals surface area contributed by atoms with Crippen LogP contribution in [0, 0.1) is 0 Å². The van der Waals surface area contributed by atoms with Crippen molar-refractivity contribution in [3.8, 4) is 5.75 Å². The first-order valence-electron chi connectivity index (χ1n) is 6.84. The molecule has 6 heteroatoms. The molecule has 0 aliphatic heterocycles. The SMILES string of the molecule is CCOC(=O)c1cc2c(c(=O)o1)c1cc(OC)ccc1n2C. The number of hydrogen-bond acceptors (Lipinski definition) is 5. The Morgan fingerprint density at radius 2 is 2.05 bits per heavy atom. The number of ether oxygens (including phenoxy) is 2. The molecule has 3 rings (SSSR count). The van der Waals surface area contributed by atoms with Crippen LogP contribution in [-0.4, -0.2) is 24.3 Å². The van der Waals surface area contributed by atoms with E-state index in [1.807, 2.05) is 23.7 Å².